The molecule has 3 heterocycles. The van der Waals surface area contributed by atoms with Crippen LogP contribution in [0.1, 0.15) is 0 Å². The molecule has 3 rings (SSSR count). The van der Waals surface area contributed by atoms with Crippen LogP contribution in [0.4, 0.5) is 0 Å². The van der Waals surface area contributed by atoms with Gasteiger partial charge in [-0.05, 0) is 6.08 Å². The summed E-state index contributed by atoms with van der Waals surface area (Å²) in [5, 5.41) is 6.63. The van der Waals surface area contributed by atoms with Gasteiger partial charge in [-0.2, -0.15) is 0 Å². The van der Waals surface area contributed by atoms with Crippen molar-refractivity contribution in [2.24, 2.45) is 10.9 Å². The van der Waals surface area contributed by atoms with Gasteiger partial charge in [-0.1, -0.05) is 0 Å². The minimum atomic E-state index is 0.0519. The Morgan fingerprint density at radius 2 is 2.05 bits per heavy atom. The Morgan fingerprint density at radius 3 is 2.79 bits per heavy atom. The van der Waals surface area contributed by atoms with E-state index in [9.17, 15) is 4.79 Å². The van der Waals surface area contributed by atoms with Crippen LogP contribution in [-0.2, 0) is 4.79 Å². The molecular weight excluding hydrogens is 242 g/mol. The average molecular weight is 263 g/mol. The molecule has 2 N–H and O–H groups in total. The first-order valence-electron chi connectivity index (χ1n) is 6.99. The second kappa shape index (κ2) is 5.71. The highest BCUT2D eigenvalue weighted by Gasteiger charge is 2.38. The van der Waals surface area contributed by atoms with Crippen LogP contribution in [0.15, 0.2) is 17.3 Å². The number of rotatable bonds is 2. The Kier molecular flexibility index (Phi) is 3.79. The minimum Gasteiger partial charge on any atom is -0.353 e. The molecule has 0 aromatic heterocycles. The zero-order chi connectivity index (χ0) is 13.1. The summed E-state index contributed by atoms with van der Waals surface area (Å²) in [6, 6.07) is 0.232. The number of amides is 1. The maximum atomic E-state index is 12.6. The Hall–Kier alpha value is -1.40. The maximum absolute atomic E-state index is 12.6. The fourth-order valence-electron chi connectivity index (χ4n) is 3.00. The highest BCUT2D eigenvalue weighted by molar-refractivity contribution is 5.80. The van der Waals surface area contributed by atoms with Crippen molar-refractivity contribution in [3.05, 3.63) is 12.3 Å². The van der Waals surface area contributed by atoms with E-state index in [2.05, 4.69) is 20.5 Å². The van der Waals surface area contributed by atoms with Crippen LogP contribution in [-0.4, -0.2) is 73.9 Å². The fraction of sp³-hybridized carbons (Fsp3) is 0.692. The van der Waals surface area contributed by atoms with E-state index in [1.807, 2.05) is 23.4 Å². The lowest BCUT2D eigenvalue weighted by Gasteiger charge is -2.35. The number of nitrogens with zero attached hydrogens (tertiary/aromatic N) is 3. The van der Waals surface area contributed by atoms with Gasteiger partial charge in [0.15, 0.2) is 0 Å². The quantitative estimate of drug-likeness (QED) is 0.661. The Morgan fingerprint density at radius 1 is 1.21 bits per heavy atom. The van der Waals surface area contributed by atoms with Crippen molar-refractivity contribution in [2.45, 2.75) is 6.04 Å². The summed E-state index contributed by atoms with van der Waals surface area (Å²) in [5.74, 6) is 0.343. The van der Waals surface area contributed by atoms with E-state index in [0.29, 0.717) is 12.6 Å². The first-order chi connectivity index (χ1) is 9.36. The lowest BCUT2D eigenvalue weighted by molar-refractivity contribution is -0.136. The molecule has 0 aliphatic carbocycles. The molecule has 6 heteroatoms. The normalized spacial score (nSPS) is 30.9. The summed E-state index contributed by atoms with van der Waals surface area (Å²) in [5.41, 5.74) is 0. The molecule has 2 unspecified atom stereocenters. The topological polar surface area (TPSA) is 60.0 Å². The van der Waals surface area contributed by atoms with Gasteiger partial charge in [-0.25, -0.2) is 0 Å². The summed E-state index contributed by atoms with van der Waals surface area (Å²) in [7, 11) is 0. The van der Waals surface area contributed by atoms with E-state index < -0.39 is 0 Å². The monoisotopic (exact) mass is 263 g/mol. The third-order valence-electron chi connectivity index (χ3n) is 4.07. The largest absolute Gasteiger partial charge is 0.353 e. The number of carbonyl (C=O) groups is 1. The van der Waals surface area contributed by atoms with E-state index in [-0.39, 0.29) is 12.0 Å². The van der Waals surface area contributed by atoms with Gasteiger partial charge in [0.05, 0.1) is 12.0 Å². The van der Waals surface area contributed by atoms with Gasteiger partial charge in [0.2, 0.25) is 5.91 Å². The van der Waals surface area contributed by atoms with E-state index in [0.717, 1.165) is 39.3 Å². The molecule has 3 aliphatic rings. The first kappa shape index (κ1) is 12.6. The molecule has 2 fully saturated rings. The number of piperazine rings is 1. The van der Waals surface area contributed by atoms with Gasteiger partial charge in [0, 0.05) is 51.7 Å². The third kappa shape index (κ3) is 2.64. The third-order valence-corrected chi connectivity index (χ3v) is 4.07. The van der Waals surface area contributed by atoms with Gasteiger partial charge >= 0.3 is 0 Å². The van der Waals surface area contributed by atoms with Crippen molar-refractivity contribution < 1.29 is 4.79 Å². The number of aliphatic imine (C=N–C) groups is 1. The first-order valence-corrected chi connectivity index (χ1v) is 6.99. The van der Waals surface area contributed by atoms with Crippen LogP contribution in [0.3, 0.4) is 0 Å². The molecule has 0 bridgehead atoms. The summed E-state index contributed by atoms with van der Waals surface area (Å²) >= 11 is 0. The molecule has 0 aromatic rings. The number of carbonyl (C=O) groups excluding carboxylic acids is 1. The molecule has 0 spiro atoms. The predicted octanol–water partition coefficient (Wildman–Crippen LogP) is -1.14. The Bertz CT molecular complexity index is 388. The summed E-state index contributed by atoms with van der Waals surface area (Å²) in [6.45, 7) is 5.78. The van der Waals surface area contributed by atoms with Crippen LogP contribution >= 0.6 is 0 Å². The standard InChI is InChI=1S/C13H21N5O/c19-13(17-6-3-14-4-7-17)11-8-16-9-12(11)18-5-1-2-15-10-18/h1-2,5,11-12,14,16H,3-4,6-10H2. The van der Waals surface area contributed by atoms with Gasteiger partial charge in [0.25, 0.3) is 0 Å². The molecule has 19 heavy (non-hydrogen) atoms. The molecule has 0 saturated carbocycles. The van der Waals surface area contributed by atoms with Gasteiger partial charge < -0.3 is 20.4 Å². The van der Waals surface area contributed by atoms with Crippen LogP contribution in [0.2, 0.25) is 0 Å². The smallest absolute Gasteiger partial charge is 0.229 e. The SMILES string of the molecule is O=C(C1CNCC1N1C=CC=NC1)N1CCNCC1. The fourth-order valence-corrected chi connectivity index (χ4v) is 3.00. The Balaban J connectivity index is 1.66. The molecule has 1 amide bonds. The second-order valence-corrected chi connectivity index (χ2v) is 5.24. The van der Waals surface area contributed by atoms with E-state index in [1.54, 1.807) is 0 Å². The van der Waals surface area contributed by atoms with Crippen LogP contribution < -0.4 is 10.6 Å². The van der Waals surface area contributed by atoms with Crippen molar-refractivity contribution >= 4 is 12.1 Å². The predicted molar refractivity (Wildman–Crippen MR) is 73.9 cm³/mol. The average Bonchev–Trinajstić information content (AvgIpc) is 2.98. The van der Waals surface area contributed by atoms with Crippen molar-refractivity contribution in [3.63, 3.8) is 0 Å². The summed E-state index contributed by atoms with van der Waals surface area (Å²) < 4.78 is 0. The van der Waals surface area contributed by atoms with Crippen molar-refractivity contribution in [2.75, 3.05) is 45.9 Å². The lowest BCUT2D eigenvalue weighted by atomic mass is 10.00. The van der Waals surface area contributed by atoms with E-state index in [1.165, 1.54) is 0 Å². The highest BCUT2D eigenvalue weighted by atomic mass is 16.2. The molecule has 0 aromatic carbocycles. The van der Waals surface area contributed by atoms with Gasteiger partial charge in [-0.15, -0.1) is 0 Å². The number of hydrogen-bond donors (Lipinski definition) is 2. The second-order valence-electron chi connectivity index (χ2n) is 5.24. The summed E-state index contributed by atoms with van der Waals surface area (Å²) in [4.78, 5) is 21.1. The number of hydrogen-bond acceptors (Lipinski definition) is 5. The zero-order valence-corrected chi connectivity index (χ0v) is 11.1. The molecule has 2 saturated heterocycles. The van der Waals surface area contributed by atoms with Crippen LogP contribution in [0.25, 0.3) is 0 Å². The summed E-state index contributed by atoms with van der Waals surface area (Å²) in [6.07, 6.45) is 5.79. The molecule has 6 nitrogen and oxygen atoms in total. The maximum Gasteiger partial charge on any atom is 0.229 e. The zero-order valence-electron chi connectivity index (χ0n) is 11.1. The molecular formula is C13H21N5O. The van der Waals surface area contributed by atoms with Crippen molar-refractivity contribution in [1.29, 1.82) is 0 Å². The van der Waals surface area contributed by atoms with Gasteiger partial charge in [0.1, 0.15) is 6.67 Å². The number of allylic oxidation sites excluding steroid dienone is 1. The molecule has 0 radical (unpaired) electrons. The van der Waals surface area contributed by atoms with E-state index in [4.69, 9.17) is 0 Å². The van der Waals surface area contributed by atoms with Crippen molar-refractivity contribution in [3.8, 4) is 0 Å². The van der Waals surface area contributed by atoms with Crippen LogP contribution in [0, 0.1) is 5.92 Å². The van der Waals surface area contributed by atoms with E-state index >= 15 is 0 Å². The highest BCUT2D eigenvalue weighted by Crippen LogP contribution is 2.20. The number of nitrogens with one attached hydrogen (secondary N) is 2. The van der Waals surface area contributed by atoms with Crippen molar-refractivity contribution in [1.82, 2.24) is 20.4 Å². The van der Waals surface area contributed by atoms with Crippen LogP contribution in [0.5, 0.6) is 0 Å². The minimum absolute atomic E-state index is 0.0519. The Labute approximate surface area is 113 Å². The molecule has 3 aliphatic heterocycles. The lowest BCUT2D eigenvalue weighted by Crippen LogP contribution is -2.52. The molecule has 104 valence electrons. The van der Waals surface area contributed by atoms with Gasteiger partial charge in [-0.3, -0.25) is 9.79 Å². The molecule has 2 atom stereocenters.